The Labute approximate surface area is 118 Å². The molecule has 1 aromatic heterocycles. The summed E-state index contributed by atoms with van der Waals surface area (Å²) in [6.07, 6.45) is 1.09. The van der Waals surface area contributed by atoms with Gasteiger partial charge in [0.25, 0.3) is 0 Å². The second-order valence-electron chi connectivity index (χ2n) is 5.30. The van der Waals surface area contributed by atoms with Crippen molar-refractivity contribution in [3.05, 3.63) is 58.3 Å². The standard InChI is InChI=1S/C16H20N2S/c17-15-8-9-18(11-13-5-2-1-3-6-13)12-14(15)16-7-4-10-19-16/h1-7,10,14-15H,8-9,11-12,17H2/t14-,15-/m0/s1. The molecule has 0 radical (unpaired) electrons. The number of piperidine rings is 1. The maximum absolute atomic E-state index is 6.31. The summed E-state index contributed by atoms with van der Waals surface area (Å²) in [5, 5.41) is 2.15. The van der Waals surface area contributed by atoms with Crippen LogP contribution in [0.2, 0.25) is 0 Å². The van der Waals surface area contributed by atoms with Crippen LogP contribution in [0.15, 0.2) is 47.8 Å². The summed E-state index contributed by atoms with van der Waals surface area (Å²) in [4.78, 5) is 3.97. The third kappa shape index (κ3) is 3.06. The van der Waals surface area contributed by atoms with E-state index in [2.05, 4.69) is 52.7 Å². The van der Waals surface area contributed by atoms with Crippen molar-refractivity contribution < 1.29 is 0 Å². The summed E-state index contributed by atoms with van der Waals surface area (Å²) >= 11 is 1.83. The van der Waals surface area contributed by atoms with E-state index in [4.69, 9.17) is 5.73 Å². The molecule has 100 valence electrons. The molecule has 0 saturated carbocycles. The lowest BCUT2D eigenvalue weighted by Gasteiger charge is -2.36. The van der Waals surface area contributed by atoms with Gasteiger partial charge in [0.15, 0.2) is 0 Å². The highest BCUT2D eigenvalue weighted by Gasteiger charge is 2.28. The first kappa shape index (κ1) is 12.9. The average Bonchev–Trinajstić information content (AvgIpc) is 2.96. The van der Waals surface area contributed by atoms with Crippen LogP contribution >= 0.6 is 11.3 Å². The molecule has 1 fully saturated rings. The minimum absolute atomic E-state index is 0.311. The molecule has 1 aliphatic heterocycles. The van der Waals surface area contributed by atoms with Crippen molar-refractivity contribution in [2.24, 2.45) is 5.73 Å². The number of hydrogen-bond donors (Lipinski definition) is 1. The van der Waals surface area contributed by atoms with Crippen molar-refractivity contribution in [2.75, 3.05) is 13.1 Å². The third-order valence-electron chi connectivity index (χ3n) is 3.91. The van der Waals surface area contributed by atoms with Crippen LogP contribution < -0.4 is 5.73 Å². The van der Waals surface area contributed by atoms with E-state index in [0.29, 0.717) is 12.0 Å². The molecule has 1 saturated heterocycles. The van der Waals surface area contributed by atoms with Crippen LogP contribution in [-0.2, 0) is 6.54 Å². The topological polar surface area (TPSA) is 29.3 Å². The number of nitrogens with zero attached hydrogens (tertiary/aromatic N) is 1. The van der Waals surface area contributed by atoms with E-state index in [1.807, 2.05) is 11.3 Å². The van der Waals surface area contributed by atoms with Crippen LogP contribution in [0.4, 0.5) is 0 Å². The monoisotopic (exact) mass is 272 g/mol. The van der Waals surface area contributed by atoms with Crippen LogP contribution in [0, 0.1) is 0 Å². The predicted molar refractivity (Wildman–Crippen MR) is 81.4 cm³/mol. The number of likely N-dealkylation sites (tertiary alicyclic amines) is 1. The Bertz CT molecular complexity index is 495. The highest BCUT2D eigenvalue weighted by atomic mass is 32.1. The van der Waals surface area contributed by atoms with E-state index in [1.54, 1.807) is 0 Å². The van der Waals surface area contributed by atoms with Gasteiger partial charge < -0.3 is 5.73 Å². The fraction of sp³-hybridized carbons (Fsp3) is 0.375. The van der Waals surface area contributed by atoms with Crippen molar-refractivity contribution in [2.45, 2.75) is 24.9 Å². The second-order valence-corrected chi connectivity index (χ2v) is 6.27. The molecular formula is C16H20N2S. The van der Waals surface area contributed by atoms with Gasteiger partial charge in [-0.05, 0) is 23.4 Å². The molecular weight excluding hydrogens is 252 g/mol. The lowest BCUT2D eigenvalue weighted by atomic mass is 9.91. The lowest BCUT2D eigenvalue weighted by Crippen LogP contribution is -2.45. The SMILES string of the molecule is N[C@H]1CCN(Cc2ccccc2)C[C@@H]1c1cccs1. The zero-order chi connectivity index (χ0) is 13.1. The average molecular weight is 272 g/mol. The van der Waals surface area contributed by atoms with Crippen molar-refractivity contribution in [3.8, 4) is 0 Å². The van der Waals surface area contributed by atoms with E-state index >= 15 is 0 Å². The Balaban J connectivity index is 1.68. The molecule has 2 nitrogen and oxygen atoms in total. The first-order valence-electron chi connectivity index (χ1n) is 6.88. The number of thiophene rings is 1. The van der Waals surface area contributed by atoms with E-state index in [1.165, 1.54) is 10.4 Å². The summed E-state index contributed by atoms with van der Waals surface area (Å²) in [5.74, 6) is 0.498. The quantitative estimate of drug-likeness (QED) is 0.930. The first-order chi connectivity index (χ1) is 9.33. The molecule has 3 heteroatoms. The summed E-state index contributed by atoms with van der Waals surface area (Å²) in [7, 11) is 0. The molecule has 19 heavy (non-hydrogen) atoms. The summed E-state index contributed by atoms with van der Waals surface area (Å²) in [6.45, 7) is 3.23. The van der Waals surface area contributed by atoms with Crippen molar-refractivity contribution in [1.82, 2.24) is 4.90 Å². The Morgan fingerprint density at radius 1 is 1.16 bits per heavy atom. The normalized spacial score (nSPS) is 24.5. The highest BCUT2D eigenvalue weighted by molar-refractivity contribution is 7.10. The molecule has 0 amide bonds. The Hall–Kier alpha value is -1.16. The van der Waals surface area contributed by atoms with Crippen LogP contribution in [0.25, 0.3) is 0 Å². The minimum atomic E-state index is 0.311. The molecule has 3 rings (SSSR count). The molecule has 2 N–H and O–H groups in total. The number of rotatable bonds is 3. The summed E-state index contributed by atoms with van der Waals surface area (Å²) < 4.78 is 0. The first-order valence-corrected chi connectivity index (χ1v) is 7.76. The van der Waals surface area contributed by atoms with E-state index in [-0.39, 0.29) is 0 Å². The van der Waals surface area contributed by atoms with Gasteiger partial charge in [-0.2, -0.15) is 0 Å². The molecule has 1 aliphatic rings. The van der Waals surface area contributed by atoms with Gasteiger partial charge in [0.05, 0.1) is 0 Å². The Morgan fingerprint density at radius 2 is 2.00 bits per heavy atom. The fourth-order valence-electron chi connectivity index (χ4n) is 2.83. The Kier molecular flexibility index (Phi) is 3.97. The smallest absolute Gasteiger partial charge is 0.0234 e. The minimum Gasteiger partial charge on any atom is -0.327 e. The zero-order valence-corrected chi connectivity index (χ0v) is 11.9. The van der Waals surface area contributed by atoms with Crippen LogP contribution in [-0.4, -0.2) is 24.0 Å². The molecule has 0 unspecified atom stereocenters. The molecule has 1 aromatic carbocycles. The van der Waals surface area contributed by atoms with Crippen LogP contribution in [0.1, 0.15) is 22.8 Å². The number of nitrogens with two attached hydrogens (primary N) is 1. The van der Waals surface area contributed by atoms with Gasteiger partial charge in [-0.25, -0.2) is 0 Å². The van der Waals surface area contributed by atoms with E-state index < -0.39 is 0 Å². The van der Waals surface area contributed by atoms with Crippen molar-refractivity contribution >= 4 is 11.3 Å². The summed E-state index contributed by atoms with van der Waals surface area (Å²) in [6, 6.07) is 15.4. The van der Waals surface area contributed by atoms with Gasteiger partial charge >= 0.3 is 0 Å². The number of benzene rings is 1. The molecule has 2 atom stereocenters. The van der Waals surface area contributed by atoms with E-state index in [0.717, 1.165) is 26.1 Å². The lowest BCUT2D eigenvalue weighted by molar-refractivity contribution is 0.184. The summed E-state index contributed by atoms with van der Waals surface area (Å²) in [5.41, 5.74) is 7.70. The largest absolute Gasteiger partial charge is 0.327 e. The molecule has 0 bridgehead atoms. The van der Waals surface area contributed by atoms with Gasteiger partial charge in [0.1, 0.15) is 0 Å². The van der Waals surface area contributed by atoms with Crippen LogP contribution in [0.3, 0.4) is 0 Å². The van der Waals surface area contributed by atoms with Crippen LogP contribution in [0.5, 0.6) is 0 Å². The molecule has 0 spiro atoms. The predicted octanol–water partition coefficient (Wildman–Crippen LogP) is 3.06. The fourth-order valence-corrected chi connectivity index (χ4v) is 3.72. The van der Waals surface area contributed by atoms with Gasteiger partial charge in [-0.3, -0.25) is 4.90 Å². The van der Waals surface area contributed by atoms with E-state index in [9.17, 15) is 0 Å². The third-order valence-corrected chi connectivity index (χ3v) is 4.91. The molecule has 0 aliphatic carbocycles. The molecule has 2 aromatic rings. The second kappa shape index (κ2) is 5.87. The van der Waals surface area contributed by atoms with Crippen molar-refractivity contribution in [3.63, 3.8) is 0 Å². The Morgan fingerprint density at radius 3 is 2.74 bits per heavy atom. The maximum atomic E-state index is 6.31. The zero-order valence-electron chi connectivity index (χ0n) is 11.0. The van der Waals surface area contributed by atoms with Gasteiger partial charge in [-0.15, -0.1) is 11.3 Å². The number of hydrogen-bond acceptors (Lipinski definition) is 3. The maximum Gasteiger partial charge on any atom is 0.0234 e. The molecule has 2 heterocycles. The van der Waals surface area contributed by atoms with Gasteiger partial charge in [-0.1, -0.05) is 36.4 Å². The van der Waals surface area contributed by atoms with Gasteiger partial charge in [0.2, 0.25) is 0 Å². The highest BCUT2D eigenvalue weighted by Crippen LogP contribution is 2.29. The van der Waals surface area contributed by atoms with Crippen molar-refractivity contribution in [1.29, 1.82) is 0 Å². The van der Waals surface area contributed by atoms with Gasteiger partial charge in [0, 0.05) is 36.5 Å².